The quantitative estimate of drug-likeness (QED) is 0.524. The van der Waals surface area contributed by atoms with E-state index >= 15 is 0 Å². The molecular formula is C8H16N2O2. The lowest BCUT2D eigenvalue weighted by molar-refractivity contribution is -0.121. The molecule has 0 aromatic carbocycles. The van der Waals surface area contributed by atoms with E-state index in [-0.39, 0.29) is 18.6 Å². The van der Waals surface area contributed by atoms with Gasteiger partial charge in [0.1, 0.15) is 0 Å². The number of amides is 1. The molecule has 0 radical (unpaired) electrons. The Morgan fingerprint density at radius 3 is 3.25 bits per heavy atom. The van der Waals surface area contributed by atoms with Crippen molar-refractivity contribution in [1.82, 2.24) is 10.6 Å². The third-order valence-electron chi connectivity index (χ3n) is 2.03. The van der Waals surface area contributed by atoms with Gasteiger partial charge in [-0.1, -0.05) is 0 Å². The zero-order valence-electron chi connectivity index (χ0n) is 7.18. The molecule has 1 aliphatic heterocycles. The Bertz CT molecular complexity index is 150. The fraction of sp³-hybridized carbons (Fsp3) is 0.875. The van der Waals surface area contributed by atoms with Gasteiger partial charge in [0.25, 0.3) is 0 Å². The van der Waals surface area contributed by atoms with E-state index in [1.807, 2.05) is 0 Å². The summed E-state index contributed by atoms with van der Waals surface area (Å²) >= 11 is 0. The highest BCUT2D eigenvalue weighted by Crippen LogP contribution is 2.04. The van der Waals surface area contributed by atoms with Gasteiger partial charge in [-0.05, 0) is 12.8 Å². The van der Waals surface area contributed by atoms with Crippen molar-refractivity contribution >= 4 is 5.91 Å². The lowest BCUT2D eigenvalue weighted by Crippen LogP contribution is -2.34. The molecule has 12 heavy (non-hydrogen) atoms. The summed E-state index contributed by atoms with van der Waals surface area (Å²) in [6.07, 6.45) is 2.58. The number of rotatable bonds is 3. The second kappa shape index (κ2) is 5.11. The van der Waals surface area contributed by atoms with Crippen LogP contribution in [-0.4, -0.2) is 36.8 Å². The highest BCUT2D eigenvalue weighted by Gasteiger charge is 2.15. The van der Waals surface area contributed by atoms with Crippen molar-refractivity contribution in [1.29, 1.82) is 0 Å². The molecule has 1 saturated heterocycles. The minimum Gasteiger partial charge on any atom is -0.395 e. The summed E-state index contributed by atoms with van der Waals surface area (Å²) in [5.41, 5.74) is 0. The van der Waals surface area contributed by atoms with E-state index in [0.29, 0.717) is 13.0 Å². The van der Waals surface area contributed by atoms with E-state index in [4.69, 9.17) is 5.11 Å². The van der Waals surface area contributed by atoms with Crippen molar-refractivity contribution in [3.8, 4) is 0 Å². The highest BCUT2D eigenvalue weighted by molar-refractivity contribution is 5.76. The average Bonchev–Trinajstić information content (AvgIpc) is 2.26. The van der Waals surface area contributed by atoms with E-state index in [2.05, 4.69) is 10.6 Å². The molecule has 1 heterocycles. The summed E-state index contributed by atoms with van der Waals surface area (Å²) in [6, 6.07) is 0.250. The van der Waals surface area contributed by atoms with Gasteiger partial charge in [-0.15, -0.1) is 0 Å². The van der Waals surface area contributed by atoms with Gasteiger partial charge in [-0.2, -0.15) is 0 Å². The number of aliphatic hydroxyl groups excluding tert-OH is 1. The van der Waals surface area contributed by atoms with Crippen LogP contribution in [0.25, 0.3) is 0 Å². The number of carbonyl (C=O) groups excluding carboxylic acids is 1. The first-order chi connectivity index (χ1) is 5.83. The summed E-state index contributed by atoms with van der Waals surface area (Å²) in [4.78, 5) is 11.0. The van der Waals surface area contributed by atoms with Crippen LogP contribution in [0.1, 0.15) is 19.3 Å². The Morgan fingerprint density at radius 2 is 2.50 bits per heavy atom. The second-order valence-electron chi connectivity index (χ2n) is 3.07. The SMILES string of the molecule is O=C1CC(NCCO)CCCN1. The van der Waals surface area contributed by atoms with Crippen LogP contribution in [0.15, 0.2) is 0 Å². The molecule has 0 aromatic rings. The Kier molecular flexibility index (Phi) is 4.04. The molecule has 0 saturated carbocycles. The molecule has 4 heteroatoms. The Hall–Kier alpha value is -0.610. The number of aliphatic hydroxyl groups is 1. The highest BCUT2D eigenvalue weighted by atomic mass is 16.3. The number of carbonyl (C=O) groups is 1. The zero-order chi connectivity index (χ0) is 8.81. The fourth-order valence-electron chi connectivity index (χ4n) is 1.42. The van der Waals surface area contributed by atoms with Crippen LogP contribution in [0.3, 0.4) is 0 Å². The van der Waals surface area contributed by atoms with Crippen molar-refractivity contribution in [2.24, 2.45) is 0 Å². The molecule has 1 amide bonds. The standard InChI is InChI=1S/C8H16N2O2/c11-5-4-9-7-2-1-3-10-8(12)6-7/h7,9,11H,1-6H2,(H,10,12). The van der Waals surface area contributed by atoms with Crippen molar-refractivity contribution in [3.05, 3.63) is 0 Å². The molecule has 1 atom stereocenters. The Balaban J connectivity index is 2.26. The summed E-state index contributed by atoms with van der Waals surface area (Å²) < 4.78 is 0. The fourth-order valence-corrected chi connectivity index (χ4v) is 1.42. The van der Waals surface area contributed by atoms with Crippen molar-refractivity contribution in [2.75, 3.05) is 19.7 Å². The van der Waals surface area contributed by atoms with Crippen LogP contribution in [0.4, 0.5) is 0 Å². The predicted octanol–water partition coefficient (Wildman–Crippen LogP) is -0.763. The molecule has 1 rings (SSSR count). The van der Waals surface area contributed by atoms with Gasteiger partial charge in [0, 0.05) is 25.6 Å². The molecule has 0 aromatic heterocycles. The minimum absolute atomic E-state index is 0.114. The molecule has 1 fully saturated rings. The largest absolute Gasteiger partial charge is 0.395 e. The molecule has 3 N–H and O–H groups in total. The normalized spacial score (nSPS) is 24.8. The van der Waals surface area contributed by atoms with Crippen LogP contribution in [0.2, 0.25) is 0 Å². The van der Waals surface area contributed by atoms with Gasteiger partial charge < -0.3 is 15.7 Å². The number of hydrogen-bond acceptors (Lipinski definition) is 3. The van der Waals surface area contributed by atoms with Crippen molar-refractivity contribution < 1.29 is 9.90 Å². The van der Waals surface area contributed by atoms with Crippen molar-refractivity contribution in [3.63, 3.8) is 0 Å². The minimum atomic E-state index is 0.114. The van der Waals surface area contributed by atoms with Crippen LogP contribution in [-0.2, 0) is 4.79 Å². The molecule has 1 aliphatic rings. The summed E-state index contributed by atoms with van der Waals surface area (Å²) in [5, 5.41) is 14.5. The second-order valence-corrected chi connectivity index (χ2v) is 3.07. The lowest BCUT2D eigenvalue weighted by Gasteiger charge is -2.13. The first-order valence-corrected chi connectivity index (χ1v) is 4.44. The molecule has 0 spiro atoms. The first kappa shape index (κ1) is 9.48. The topological polar surface area (TPSA) is 61.4 Å². The maximum absolute atomic E-state index is 11.0. The van der Waals surface area contributed by atoms with E-state index in [9.17, 15) is 4.79 Å². The molecule has 70 valence electrons. The number of hydrogen-bond donors (Lipinski definition) is 3. The molecule has 0 bridgehead atoms. The monoisotopic (exact) mass is 172 g/mol. The molecular weight excluding hydrogens is 156 g/mol. The van der Waals surface area contributed by atoms with Gasteiger partial charge in [-0.25, -0.2) is 0 Å². The van der Waals surface area contributed by atoms with Crippen LogP contribution >= 0.6 is 0 Å². The van der Waals surface area contributed by atoms with E-state index < -0.39 is 0 Å². The van der Waals surface area contributed by atoms with Crippen LogP contribution < -0.4 is 10.6 Å². The first-order valence-electron chi connectivity index (χ1n) is 4.44. The van der Waals surface area contributed by atoms with E-state index in [1.165, 1.54) is 0 Å². The maximum atomic E-state index is 11.0. The van der Waals surface area contributed by atoms with Gasteiger partial charge in [0.15, 0.2) is 0 Å². The zero-order valence-corrected chi connectivity index (χ0v) is 7.18. The Morgan fingerprint density at radius 1 is 1.67 bits per heavy atom. The summed E-state index contributed by atoms with van der Waals surface area (Å²) in [5.74, 6) is 0.114. The van der Waals surface area contributed by atoms with Crippen LogP contribution in [0, 0.1) is 0 Å². The maximum Gasteiger partial charge on any atom is 0.221 e. The van der Waals surface area contributed by atoms with E-state index in [0.717, 1.165) is 19.4 Å². The third kappa shape index (κ3) is 3.19. The lowest BCUT2D eigenvalue weighted by atomic mass is 10.1. The van der Waals surface area contributed by atoms with Gasteiger partial charge in [0.2, 0.25) is 5.91 Å². The van der Waals surface area contributed by atoms with Crippen molar-refractivity contribution in [2.45, 2.75) is 25.3 Å². The predicted molar refractivity (Wildman–Crippen MR) is 45.7 cm³/mol. The van der Waals surface area contributed by atoms with Gasteiger partial charge >= 0.3 is 0 Å². The van der Waals surface area contributed by atoms with Gasteiger partial charge in [0.05, 0.1) is 6.61 Å². The molecule has 4 nitrogen and oxygen atoms in total. The summed E-state index contributed by atoms with van der Waals surface area (Å²) in [6.45, 7) is 1.51. The smallest absolute Gasteiger partial charge is 0.221 e. The van der Waals surface area contributed by atoms with E-state index in [1.54, 1.807) is 0 Å². The van der Waals surface area contributed by atoms with Gasteiger partial charge in [-0.3, -0.25) is 4.79 Å². The average molecular weight is 172 g/mol. The molecule has 1 unspecified atom stereocenters. The third-order valence-corrected chi connectivity index (χ3v) is 2.03. The Labute approximate surface area is 72.3 Å². The number of nitrogens with one attached hydrogen (secondary N) is 2. The summed E-state index contributed by atoms with van der Waals surface area (Å²) in [7, 11) is 0. The van der Waals surface area contributed by atoms with Crippen LogP contribution in [0.5, 0.6) is 0 Å². The molecule has 0 aliphatic carbocycles.